The highest BCUT2D eigenvalue weighted by atomic mass is 32.2. The quantitative estimate of drug-likeness (QED) is 0.528. The topological polar surface area (TPSA) is 128 Å². The summed E-state index contributed by atoms with van der Waals surface area (Å²) in [4.78, 5) is 21.5. The molecule has 0 atom stereocenters. The maximum absolute atomic E-state index is 12.5. The van der Waals surface area contributed by atoms with Gasteiger partial charge in [-0.1, -0.05) is 29.8 Å². The first-order chi connectivity index (χ1) is 15.6. The van der Waals surface area contributed by atoms with E-state index in [0.29, 0.717) is 28.8 Å². The Bertz CT molecular complexity index is 1280. The molecule has 0 aromatic heterocycles. The van der Waals surface area contributed by atoms with E-state index in [-0.39, 0.29) is 10.5 Å². The molecular formula is C24H23N3O5S. The molecule has 0 saturated carbocycles. The largest absolute Gasteiger partial charge is 0.478 e. The second-order valence-corrected chi connectivity index (χ2v) is 8.89. The number of benzene rings is 3. The zero-order valence-electron chi connectivity index (χ0n) is 18.3. The lowest BCUT2D eigenvalue weighted by Crippen LogP contribution is -2.26. The number of carbonyl (C=O) groups is 2. The van der Waals surface area contributed by atoms with Crippen LogP contribution in [-0.2, 0) is 10.0 Å². The van der Waals surface area contributed by atoms with Gasteiger partial charge in [0.25, 0.3) is 10.0 Å². The number of nitriles is 1. The maximum atomic E-state index is 12.5. The van der Waals surface area contributed by atoms with Gasteiger partial charge in [-0.2, -0.15) is 5.26 Å². The van der Waals surface area contributed by atoms with Crippen LogP contribution < -0.4 is 9.62 Å². The van der Waals surface area contributed by atoms with Crippen LogP contribution in [0, 0.1) is 18.3 Å². The Morgan fingerprint density at radius 1 is 1.06 bits per heavy atom. The highest BCUT2D eigenvalue weighted by molar-refractivity contribution is 7.92. The van der Waals surface area contributed by atoms with Gasteiger partial charge in [0.1, 0.15) is 6.29 Å². The van der Waals surface area contributed by atoms with Crippen molar-refractivity contribution in [2.24, 2.45) is 0 Å². The lowest BCUT2D eigenvalue weighted by Gasteiger charge is -2.19. The van der Waals surface area contributed by atoms with E-state index in [2.05, 4.69) is 5.32 Å². The molecule has 0 aliphatic rings. The summed E-state index contributed by atoms with van der Waals surface area (Å²) in [7, 11) is -0.472. The molecule has 0 bridgehead atoms. The fourth-order valence-corrected chi connectivity index (χ4v) is 3.97. The smallest absolute Gasteiger partial charge is 0.337 e. The van der Waals surface area contributed by atoms with E-state index in [4.69, 9.17) is 10.4 Å². The fourth-order valence-electron chi connectivity index (χ4n) is 2.78. The lowest BCUT2D eigenvalue weighted by atomic mass is 10.1. The number of carbonyl (C=O) groups excluding carboxylic acids is 1. The number of anilines is 2. The van der Waals surface area contributed by atoms with Crippen LogP contribution in [0.1, 0.15) is 31.8 Å². The standard InChI is InChI=1S/C15H15NO3S.C9H8N2O2/c1-12-3-7-14(8-4-12)16(2)20(18,19)15-9-5-13(11-17)6-10-15;1-11-8-3-2-6(5-10)4-7(8)9(12)13/h3-11H,1-2H3;2-4,11H,1H3,(H,12,13). The van der Waals surface area contributed by atoms with Crippen LogP contribution >= 0.6 is 0 Å². The monoisotopic (exact) mass is 465 g/mol. The molecule has 0 aliphatic carbocycles. The van der Waals surface area contributed by atoms with Crippen LogP contribution in [0.3, 0.4) is 0 Å². The zero-order valence-corrected chi connectivity index (χ0v) is 19.1. The molecule has 3 aromatic rings. The average molecular weight is 466 g/mol. The van der Waals surface area contributed by atoms with Gasteiger partial charge in [-0.25, -0.2) is 13.2 Å². The number of aromatic carboxylic acids is 1. The van der Waals surface area contributed by atoms with E-state index < -0.39 is 16.0 Å². The van der Waals surface area contributed by atoms with Crippen LogP contribution in [0.15, 0.2) is 71.6 Å². The minimum atomic E-state index is -3.61. The van der Waals surface area contributed by atoms with Gasteiger partial charge in [0.05, 0.1) is 27.8 Å². The van der Waals surface area contributed by atoms with E-state index in [9.17, 15) is 18.0 Å². The summed E-state index contributed by atoms with van der Waals surface area (Å²) < 4.78 is 26.1. The molecule has 8 nitrogen and oxygen atoms in total. The van der Waals surface area contributed by atoms with Gasteiger partial charge < -0.3 is 10.4 Å². The Labute approximate surface area is 192 Å². The van der Waals surface area contributed by atoms with Crippen LogP contribution in [0.5, 0.6) is 0 Å². The molecule has 2 N–H and O–H groups in total. The molecule has 0 spiro atoms. The SMILES string of the molecule is CNc1ccc(C#N)cc1C(=O)O.Cc1ccc(N(C)S(=O)(=O)c2ccc(C=O)cc2)cc1. The van der Waals surface area contributed by atoms with Crippen molar-refractivity contribution in [2.75, 3.05) is 23.7 Å². The molecule has 0 unspecified atom stereocenters. The first kappa shape index (κ1) is 25.1. The van der Waals surface area contributed by atoms with Crippen molar-refractivity contribution < 1.29 is 23.1 Å². The molecule has 170 valence electrons. The summed E-state index contributed by atoms with van der Waals surface area (Å²) in [5.41, 5.74) is 3.07. The minimum absolute atomic E-state index is 0.113. The highest BCUT2D eigenvalue weighted by Gasteiger charge is 2.21. The average Bonchev–Trinajstić information content (AvgIpc) is 2.84. The normalized spacial score (nSPS) is 10.2. The van der Waals surface area contributed by atoms with Gasteiger partial charge in [-0.3, -0.25) is 9.10 Å². The molecule has 0 heterocycles. The Morgan fingerprint density at radius 3 is 2.15 bits per heavy atom. The van der Waals surface area contributed by atoms with Crippen LogP contribution in [0.25, 0.3) is 0 Å². The summed E-state index contributed by atoms with van der Waals surface area (Å²) in [6.07, 6.45) is 0.681. The van der Waals surface area contributed by atoms with Crippen molar-refractivity contribution in [3.05, 3.63) is 89.0 Å². The summed E-state index contributed by atoms with van der Waals surface area (Å²) in [6, 6.07) is 19.4. The third kappa shape index (κ3) is 6.18. The number of rotatable bonds is 6. The number of nitrogens with zero attached hydrogens (tertiary/aromatic N) is 2. The van der Waals surface area contributed by atoms with Crippen molar-refractivity contribution >= 4 is 33.7 Å². The van der Waals surface area contributed by atoms with E-state index in [1.54, 1.807) is 31.3 Å². The third-order valence-electron chi connectivity index (χ3n) is 4.72. The third-order valence-corrected chi connectivity index (χ3v) is 6.52. The van der Waals surface area contributed by atoms with Crippen molar-refractivity contribution in [3.63, 3.8) is 0 Å². The predicted molar refractivity (Wildman–Crippen MR) is 126 cm³/mol. The van der Waals surface area contributed by atoms with Crippen molar-refractivity contribution in [1.82, 2.24) is 0 Å². The number of sulfonamides is 1. The minimum Gasteiger partial charge on any atom is -0.478 e. The highest BCUT2D eigenvalue weighted by Crippen LogP contribution is 2.22. The molecule has 33 heavy (non-hydrogen) atoms. The van der Waals surface area contributed by atoms with E-state index in [1.807, 2.05) is 25.1 Å². The lowest BCUT2D eigenvalue weighted by molar-refractivity contribution is 0.0697. The summed E-state index contributed by atoms with van der Waals surface area (Å²) in [5, 5.41) is 20.0. The van der Waals surface area contributed by atoms with Crippen LogP contribution in [0.2, 0.25) is 0 Å². The maximum Gasteiger partial charge on any atom is 0.337 e. The van der Waals surface area contributed by atoms with Crippen LogP contribution in [0.4, 0.5) is 11.4 Å². The number of hydrogen-bond acceptors (Lipinski definition) is 6. The van der Waals surface area contributed by atoms with Crippen molar-refractivity contribution in [1.29, 1.82) is 5.26 Å². The van der Waals surface area contributed by atoms with Gasteiger partial charge in [0.2, 0.25) is 0 Å². The Hall–Kier alpha value is -4.16. The molecule has 3 rings (SSSR count). The molecular weight excluding hydrogens is 442 g/mol. The summed E-state index contributed by atoms with van der Waals surface area (Å²) in [5.74, 6) is -1.04. The zero-order chi connectivity index (χ0) is 24.6. The molecule has 3 aromatic carbocycles. The Balaban J connectivity index is 0.000000257. The van der Waals surface area contributed by atoms with E-state index in [0.717, 1.165) is 5.56 Å². The molecule has 0 amide bonds. The Kier molecular flexibility index (Phi) is 8.31. The molecule has 0 aliphatic heterocycles. The number of aldehydes is 1. The summed E-state index contributed by atoms with van der Waals surface area (Å²) in [6.45, 7) is 1.94. The van der Waals surface area contributed by atoms with Crippen molar-refractivity contribution in [3.8, 4) is 6.07 Å². The molecule has 0 saturated heterocycles. The summed E-state index contributed by atoms with van der Waals surface area (Å²) >= 11 is 0. The van der Waals surface area contributed by atoms with Gasteiger partial charge in [-0.05, 0) is 49.4 Å². The van der Waals surface area contributed by atoms with Crippen molar-refractivity contribution in [2.45, 2.75) is 11.8 Å². The van der Waals surface area contributed by atoms with E-state index >= 15 is 0 Å². The van der Waals surface area contributed by atoms with Gasteiger partial charge >= 0.3 is 5.97 Å². The number of aryl methyl sites for hydroxylation is 1. The molecule has 0 radical (unpaired) electrons. The van der Waals surface area contributed by atoms with Crippen LogP contribution in [-0.4, -0.2) is 39.9 Å². The van der Waals surface area contributed by atoms with Gasteiger partial charge in [0, 0.05) is 25.3 Å². The number of hydrogen-bond donors (Lipinski definition) is 2. The Morgan fingerprint density at radius 2 is 1.67 bits per heavy atom. The molecule has 0 fully saturated rings. The number of carboxylic acid groups (broad SMARTS) is 1. The van der Waals surface area contributed by atoms with E-state index in [1.165, 1.54) is 41.7 Å². The predicted octanol–water partition coefficient (Wildman–Crippen LogP) is 3.93. The number of carboxylic acids is 1. The first-order valence-corrected chi connectivity index (χ1v) is 11.1. The number of nitrogens with one attached hydrogen (secondary N) is 1. The molecule has 9 heteroatoms. The van der Waals surface area contributed by atoms with Gasteiger partial charge in [0.15, 0.2) is 0 Å². The second kappa shape index (κ2) is 10.9. The second-order valence-electron chi connectivity index (χ2n) is 6.92. The fraction of sp³-hybridized carbons (Fsp3) is 0.125. The first-order valence-electron chi connectivity index (χ1n) is 9.70. The van der Waals surface area contributed by atoms with Gasteiger partial charge in [-0.15, -0.1) is 0 Å².